The van der Waals surface area contributed by atoms with Gasteiger partial charge in [0.25, 0.3) is 0 Å². The van der Waals surface area contributed by atoms with Crippen LogP contribution in [0.25, 0.3) is 5.57 Å². The first-order valence-electron chi connectivity index (χ1n) is 10.8. The van der Waals surface area contributed by atoms with Crippen molar-refractivity contribution in [1.82, 2.24) is 0 Å². The van der Waals surface area contributed by atoms with Crippen molar-refractivity contribution < 1.29 is 0 Å². The molecule has 0 nitrogen and oxygen atoms in total. The molecule has 0 aromatic heterocycles. The third-order valence-electron chi connectivity index (χ3n) is 5.50. The van der Waals surface area contributed by atoms with Crippen molar-refractivity contribution in [3.8, 4) is 11.8 Å². The normalized spacial score (nSPS) is 11.3. The van der Waals surface area contributed by atoms with Crippen molar-refractivity contribution in [1.29, 1.82) is 0 Å². The average molecular weight is 430 g/mol. The third kappa shape index (κ3) is 4.65. The molecule has 4 aromatic carbocycles. The van der Waals surface area contributed by atoms with E-state index >= 15 is 0 Å². The summed E-state index contributed by atoms with van der Waals surface area (Å²) in [7, 11) is -1.95. The maximum atomic E-state index is 3.89. The zero-order chi connectivity index (χ0) is 22.1. The standard InChI is InChI=1S/C31H26P/c1-2-16-27(28-17-7-3-8-18-28)19-15-26-32(29-20-9-4-10-21-29,30-22-11-5-12-23-30)31-24-13-6-14-25-31/h2-14,16-18,20-25H,1,26H2/q+1/b27-16+. The molecule has 0 saturated heterocycles. The number of allylic oxidation sites excluding steroid dienone is 3. The zero-order valence-corrected chi connectivity index (χ0v) is 19.0. The fraction of sp³-hybridized carbons (Fsp3) is 0.0323. The van der Waals surface area contributed by atoms with Gasteiger partial charge in [0.15, 0.2) is 0 Å². The predicted octanol–water partition coefficient (Wildman–Crippen LogP) is 6.25. The molecule has 0 amide bonds. The van der Waals surface area contributed by atoms with Crippen LogP contribution in [-0.2, 0) is 0 Å². The van der Waals surface area contributed by atoms with Gasteiger partial charge >= 0.3 is 0 Å². The Balaban J connectivity index is 1.87. The lowest BCUT2D eigenvalue weighted by atomic mass is 10.1. The Morgan fingerprint density at radius 1 is 0.625 bits per heavy atom. The molecule has 0 bridgehead atoms. The molecule has 0 aliphatic carbocycles. The van der Waals surface area contributed by atoms with Crippen LogP contribution in [0.3, 0.4) is 0 Å². The van der Waals surface area contributed by atoms with E-state index in [1.54, 1.807) is 0 Å². The fourth-order valence-corrected chi connectivity index (χ4v) is 7.77. The van der Waals surface area contributed by atoms with Gasteiger partial charge < -0.3 is 0 Å². The molecule has 1 heteroatoms. The summed E-state index contributed by atoms with van der Waals surface area (Å²) in [5.74, 6) is 7.06. The lowest BCUT2D eigenvalue weighted by Gasteiger charge is -2.25. The highest BCUT2D eigenvalue weighted by Crippen LogP contribution is 2.54. The zero-order valence-electron chi connectivity index (χ0n) is 18.1. The van der Waals surface area contributed by atoms with Crippen LogP contribution in [-0.4, -0.2) is 6.16 Å². The highest BCUT2D eigenvalue weighted by molar-refractivity contribution is 7.95. The number of hydrogen-bond acceptors (Lipinski definition) is 0. The van der Waals surface area contributed by atoms with Gasteiger partial charge in [0.1, 0.15) is 29.3 Å². The quantitative estimate of drug-likeness (QED) is 0.193. The largest absolute Gasteiger partial charge is 0.134 e. The monoisotopic (exact) mass is 429 g/mol. The first-order valence-corrected chi connectivity index (χ1v) is 12.7. The van der Waals surface area contributed by atoms with Crippen LogP contribution >= 0.6 is 7.26 Å². The van der Waals surface area contributed by atoms with Crippen LogP contribution in [0, 0.1) is 11.8 Å². The van der Waals surface area contributed by atoms with Gasteiger partial charge in [-0.25, -0.2) is 0 Å². The Hall–Kier alpha value is -3.65. The van der Waals surface area contributed by atoms with E-state index in [-0.39, 0.29) is 0 Å². The smallest absolute Gasteiger partial charge is 0.0990 e. The maximum Gasteiger partial charge on any atom is 0.134 e. The van der Waals surface area contributed by atoms with Crippen molar-refractivity contribution >= 4 is 28.7 Å². The van der Waals surface area contributed by atoms with Crippen LogP contribution < -0.4 is 15.9 Å². The van der Waals surface area contributed by atoms with Crippen LogP contribution in [0.1, 0.15) is 5.56 Å². The van der Waals surface area contributed by atoms with Crippen LogP contribution in [0.15, 0.2) is 140 Å². The van der Waals surface area contributed by atoms with Crippen molar-refractivity contribution in [2.75, 3.05) is 6.16 Å². The van der Waals surface area contributed by atoms with Crippen molar-refractivity contribution in [2.45, 2.75) is 0 Å². The highest BCUT2D eigenvalue weighted by atomic mass is 31.2. The number of benzene rings is 4. The van der Waals surface area contributed by atoms with Crippen LogP contribution in [0.2, 0.25) is 0 Å². The summed E-state index contributed by atoms with van der Waals surface area (Å²) >= 11 is 0. The van der Waals surface area contributed by atoms with E-state index < -0.39 is 7.26 Å². The minimum atomic E-state index is -1.95. The Morgan fingerprint density at radius 2 is 1.03 bits per heavy atom. The van der Waals surface area contributed by atoms with Gasteiger partial charge in [-0.1, -0.05) is 109 Å². The van der Waals surface area contributed by atoms with Crippen LogP contribution in [0.5, 0.6) is 0 Å². The van der Waals surface area contributed by atoms with E-state index in [4.69, 9.17) is 0 Å². The van der Waals surface area contributed by atoms with Crippen LogP contribution in [0.4, 0.5) is 0 Å². The second-order valence-electron chi connectivity index (χ2n) is 7.46. The Kier molecular flexibility index (Phi) is 7.14. The molecule has 32 heavy (non-hydrogen) atoms. The topological polar surface area (TPSA) is 0 Å². The summed E-state index contributed by atoms with van der Waals surface area (Å²) in [5.41, 5.74) is 2.11. The van der Waals surface area contributed by atoms with E-state index in [2.05, 4.69) is 122 Å². The van der Waals surface area contributed by atoms with Crippen molar-refractivity contribution in [3.63, 3.8) is 0 Å². The minimum Gasteiger partial charge on any atom is -0.0990 e. The molecule has 0 saturated carbocycles. The first kappa shape index (κ1) is 21.6. The van der Waals surface area contributed by atoms with Crippen molar-refractivity contribution in [2.24, 2.45) is 0 Å². The molecular formula is C31H26P+. The van der Waals surface area contributed by atoms with Gasteiger partial charge in [-0.3, -0.25) is 0 Å². The summed E-state index contributed by atoms with van der Waals surface area (Å²) in [6.45, 7) is 3.89. The summed E-state index contributed by atoms with van der Waals surface area (Å²) < 4.78 is 0. The van der Waals surface area contributed by atoms with E-state index in [0.717, 1.165) is 17.3 Å². The van der Waals surface area contributed by atoms with E-state index in [1.807, 2.05) is 30.4 Å². The van der Waals surface area contributed by atoms with Gasteiger partial charge in [-0.2, -0.15) is 0 Å². The molecule has 0 aliphatic rings. The van der Waals surface area contributed by atoms with Crippen molar-refractivity contribution in [3.05, 3.63) is 146 Å². The molecule has 0 N–H and O–H groups in total. The van der Waals surface area contributed by atoms with Gasteiger partial charge in [0.2, 0.25) is 0 Å². The maximum absolute atomic E-state index is 3.89. The van der Waals surface area contributed by atoms with Gasteiger partial charge in [0, 0.05) is 5.57 Å². The molecule has 0 fully saturated rings. The number of rotatable bonds is 6. The average Bonchev–Trinajstić information content (AvgIpc) is 2.88. The third-order valence-corrected chi connectivity index (χ3v) is 9.67. The summed E-state index contributed by atoms with van der Waals surface area (Å²) in [4.78, 5) is 0. The molecule has 0 heterocycles. The lowest BCUT2D eigenvalue weighted by Crippen LogP contribution is -2.33. The molecular weight excluding hydrogens is 403 g/mol. The van der Waals surface area contributed by atoms with E-state index in [0.29, 0.717) is 0 Å². The summed E-state index contributed by atoms with van der Waals surface area (Å²) in [6, 6.07) is 42.9. The first-order chi connectivity index (χ1) is 15.8. The lowest BCUT2D eigenvalue weighted by molar-refractivity contribution is 1.63. The molecule has 0 spiro atoms. The molecule has 4 rings (SSSR count). The second kappa shape index (κ2) is 10.6. The Bertz CT molecular complexity index is 1130. The second-order valence-corrected chi connectivity index (χ2v) is 10.9. The molecule has 4 aromatic rings. The Morgan fingerprint density at radius 3 is 1.44 bits per heavy atom. The van der Waals surface area contributed by atoms with Gasteiger partial charge in [-0.05, 0) is 48.0 Å². The minimum absolute atomic E-state index is 0.770. The summed E-state index contributed by atoms with van der Waals surface area (Å²) in [5, 5.41) is 4.04. The molecule has 0 aliphatic heterocycles. The Labute approximate surface area is 192 Å². The molecule has 0 unspecified atom stereocenters. The van der Waals surface area contributed by atoms with Gasteiger partial charge in [-0.15, -0.1) is 0 Å². The SMILES string of the molecule is C=C/C=C(\C#CC[P+](c1ccccc1)(c1ccccc1)c1ccccc1)c1ccccc1. The van der Waals surface area contributed by atoms with E-state index in [9.17, 15) is 0 Å². The highest BCUT2D eigenvalue weighted by Gasteiger charge is 2.44. The molecule has 0 radical (unpaired) electrons. The molecule has 0 atom stereocenters. The van der Waals surface area contributed by atoms with Gasteiger partial charge in [0.05, 0.1) is 0 Å². The van der Waals surface area contributed by atoms with E-state index in [1.165, 1.54) is 15.9 Å². The number of hydrogen-bond donors (Lipinski definition) is 0. The molecule has 154 valence electrons. The fourth-order valence-electron chi connectivity index (χ4n) is 3.97. The predicted molar refractivity (Wildman–Crippen MR) is 142 cm³/mol. The summed E-state index contributed by atoms with van der Waals surface area (Å²) in [6.07, 6.45) is 4.58.